The Kier molecular flexibility index (Phi) is 4.04. The number of hydrogen-bond donors (Lipinski definition) is 0. The van der Waals surface area contributed by atoms with Crippen LogP contribution in [0.1, 0.15) is 20.8 Å². The van der Waals surface area contributed by atoms with Gasteiger partial charge in [-0.05, 0) is 45.0 Å². The lowest BCUT2D eigenvalue weighted by molar-refractivity contribution is -0.0500. The van der Waals surface area contributed by atoms with Crippen molar-refractivity contribution in [3.63, 3.8) is 0 Å². The largest absolute Gasteiger partial charge is 0.534 e. The monoisotopic (exact) mass is 298 g/mol. The summed E-state index contributed by atoms with van der Waals surface area (Å²) in [5.41, 5.74) is -5.92. The van der Waals surface area contributed by atoms with Crippen LogP contribution in [0.15, 0.2) is 24.3 Å². The third-order valence-electron chi connectivity index (χ3n) is 1.74. The first kappa shape index (κ1) is 15.6. The molecule has 0 aliphatic carbocycles. The predicted molar refractivity (Wildman–Crippen MR) is 62.4 cm³/mol. The summed E-state index contributed by atoms with van der Waals surface area (Å²) < 4.78 is 67.1. The lowest BCUT2D eigenvalue weighted by Gasteiger charge is -2.21. The topological polar surface area (TPSA) is 52.6 Å². The normalized spacial score (nSPS) is 13.2. The summed E-state index contributed by atoms with van der Waals surface area (Å²) >= 11 is 0. The van der Waals surface area contributed by atoms with E-state index in [4.69, 9.17) is 4.74 Å². The van der Waals surface area contributed by atoms with E-state index in [2.05, 4.69) is 4.18 Å². The SMILES string of the molecule is CC(C)(C)Oc1ccc(OS(=O)(=O)C(F)(F)F)cc1. The van der Waals surface area contributed by atoms with Crippen molar-refractivity contribution in [1.82, 2.24) is 0 Å². The van der Waals surface area contributed by atoms with Crippen LogP contribution in [0.3, 0.4) is 0 Å². The first-order valence-electron chi connectivity index (χ1n) is 5.20. The zero-order valence-electron chi connectivity index (χ0n) is 10.5. The number of hydrogen-bond acceptors (Lipinski definition) is 4. The molecule has 4 nitrogen and oxygen atoms in total. The Balaban J connectivity index is 2.84. The van der Waals surface area contributed by atoms with Gasteiger partial charge in [-0.2, -0.15) is 21.6 Å². The van der Waals surface area contributed by atoms with E-state index in [1.807, 2.05) is 0 Å². The Morgan fingerprint density at radius 2 is 1.37 bits per heavy atom. The number of rotatable bonds is 3. The van der Waals surface area contributed by atoms with E-state index in [0.29, 0.717) is 5.75 Å². The summed E-state index contributed by atoms with van der Waals surface area (Å²) in [5, 5.41) is 0. The smallest absolute Gasteiger partial charge is 0.488 e. The van der Waals surface area contributed by atoms with Crippen LogP contribution in [0.25, 0.3) is 0 Å². The molecule has 0 aromatic heterocycles. The van der Waals surface area contributed by atoms with Crippen molar-refractivity contribution in [2.45, 2.75) is 31.9 Å². The second-order valence-corrected chi connectivity index (χ2v) is 6.21. The summed E-state index contributed by atoms with van der Waals surface area (Å²) in [5.74, 6) is -0.0390. The molecule has 0 radical (unpaired) electrons. The number of alkyl halides is 3. The van der Waals surface area contributed by atoms with Gasteiger partial charge in [0.2, 0.25) is 0 Å². The molecule has 0 spiro atoms. The molecule has 19 heavy (non-hydrogen) atoms. The maximum atomic E-state index is 12.1. The molecule has 0 unspecified atom stereocenters. The van der Waals surface area contributed by atoms with Crippen molar-refractivity contribution in [1.29, 1.82) is 0 Å². The molecule has 8 heteroatoms. The van der Waals surface area contributed by atoms with Gasteiger partial charge in [0.05, 0.1) is 0 Å². The van der Waals surface area contributed by atoms with Crippen molar-refractivity contribution in [2.24, 2.45) is 0 Å². The van der Waals surface area contributed by atoms with E-state index < -0.39 is 27.0 Å². The van der Waals surface area contributed by atoms with Gasteiger partial charge >= 0.3 is 15.6 Å². The highest BCUT2D eigenvalue weighted by molar-refractivity contribution is 7.87. The van der Waals surface area contributed by atoms with E-state index in [1.54, 1.807) is 20.8 Å². The maximum absolute atomic E-state index is 12.1. The van der Waals surface area contributed by atoms with Gasteiger partial charge in [-0.25, -0.2) is 0 Å². The molecular formula is C11H13F3O4S. The first-order chi connectivity index (χ1) is 8.41. The Labute approximate surface area is 109 Å². The van der Waals surface area contributed by atoms with E-state index in [1.165, 1.54) is 12.1 Å². The molecule has 0 atom stereocenters. The fourth-order valence-electron chi connectivity index (χ4n) is 1.09. The Morgan fingerprint density at radius 1 is 0.947 bits per heavy atom. The molecule has 0 bridgehead atoms. The third kappa shape index (κ3) is 4.62. The van der Waals surface area contributed by atoms with Crippen molar-refractivity contribution < 1.29 is 30.5 Å². The van der Waals surface area contributed by atoms with Crippen LogP contribution in [0.5, 0.6) is 11.5 Å². The standard InChI is InChI=1S/C11H13F3O4S/c1-10(2,3)17-8-4-6-9(7-5-8)18-19(15,16)11(12,13)14/h4-7H,1-3H3. The molecule has 1 rings (SSSR count). The summed E-state index contributed by atoms with van der Waals surface area (Å²) in [6.07, 6.45) is 0. The van der Waals surface area contributed by atoms with E-state index in [-0.39, 0.29) is 0 Å². The second-order valence-electron chi connectivity index (χ2n) is 4.67. The fraction of sp³-hybridized carbons (Fsp3) is 0.455. The Hall–Kier alpha value is -1.44. The molecule has 108 valence electrons. The van der Waals surface area contributed by atoms with Crippen molar-refractivity contribution in [2.75, 3.05) is 0 Å². The third-order valence-corrected chi connectivity index (χ3v) is 2.72. The Bertz CT molecular complexity index is 527. The highest BCUT2D eigenvalue weighted by Gasteiger charge is 2.48. The quantitative estimate of drug-likeness (QED) is 0.635. The van der Waals surface area contributed by atoms with Crippen LogP contribution in [-0.4, -0.2) is 19.5 Å². The lowest BCUT2D eigenvalue weighted by atomic mass is 10.2. The zero-order valence-corrected chi connectivity index (χ0v) is 11.3. The van der Waals surface area contributed by atoms with E-state index in [0.717, 1.165) is 12.1 Å². The molecule has 0 aliphatic heterocycles. The summed E-state index contributed by atoms with van der Waals surface area (Å²) in [6.45, 7) is 5.39. The lowest BCUT2D eigenvalue weighted by Crippen LogP contribution is -2.28. The van der Waals surface area contributed by atoms with Crippen LogP contribution >= 0.6 is 0 Å². The van der Waals surface area contributed by atoms with Crippen LogP contribution < -0.4 is 8.92 Å². The van der Waals surface area contributed by atoms with Gasteiger partial charge in [0, 0.05) is 0 Å². The molecule has 0 saturated carbocycles. The van der Waals surface area contributed by atoms with Gasteiger partial charge in [0.25, 0.3) is 0 Å². The molecule has 0 fully saturated rings. The van der Waals surface area contributed by atoms with Crippen molar-refractivity contribution >= 4 is 10.1 Å². The minimum absolute atomic E-state index is 0.393. The zero-order chi connectivity index (χ0) is 14.9. The van der Waals surface area contributed by atoms with Gasteiger partial charge < -0.3 is 8.92 Å². The molecule has 0 amide bonds. The molecule has 0 aliphatic rings. The molecule has 0 N–H and O–H groups in total. The molecule has 1 aromatic carbocycles. The maximum Gasteiger partial charge on any atom is 0.534 e. The van der Waals surface area contributed by atoms with Crippen LogP contribution in [0.4, 0.5) is 13.2 Å². The molecule has 1 aromatic rings. The number of halogens is 3. The molecular weight excluding hydrogens is 285 g/mol. The summed E-state index contributed by atoms with van der Waals surface area (Å²) in [4.78, 5) is 0. The summed E-state index contributed by atoms with van der Waals surface area (Å²) in [6, 6.07) is 4.83. The minimum Gasteiger partial charge on any atom is -0.488 e. The average molecular weight is 298 g/mol. The molecule has 0 heterocycles. The van der Waals surface area contributed by atoms with Crippen LogP contribution in [0, 0.1) is 0 Å². The minimum atomic E-state index is -5.64. The number of ether oxygens (including phenoxy) is 1. The number of benzene rings is 1. The van der Waals surface area contributed by atoms with Crippen LogP contribution in [0.2, 0.25) is 0 Å². The van der Waals surface area contributed by atoms with Gasteiger partial charge in [-0.3, -0.25) is 0 Å². The van der Waals surface area contributed by atoms with Crippen molar-refractivity contribution in [3.05, 3.63) is 24.3 Å². The Morgan fingerprint density at radius 3 is 1.74 bits per heavy atom. The molecule has 0 saturated heterocycles. The van der Waals surface area contributed by atoms with Crippen LogP contribution in [-0.2, 0) is 10.1 Å². The predicted octanol–water partition coefficient (Wildman–Crippen LogP) is 3.09. The van der Waals surface area contributed by atoms with Gasteiger partial charge in [0.1, 0.15) is 17.1 Å². The first-order valence-corrected chi connectivity index (χ1v) is 6.61. The van der Waals surface area contributed by atoms with E-state index >= 15 is 0 Å². The highest BCUT2D eigenvalue weighted by atomic mass is 32.2. The van der Waals surface area contributed by atoms with Gasteiger partial charge in [-0.15, -0.1) is 0 Å². The van der Waals surface area contributed by atoms with Crippen molar-refractivity contribution in [3.8, 4) is 11.5 Å². The average Bonchev–Trinajstić information content (AvgIpc) is 2.16. The second kappa shape index (κ2) is 4.92. The fourth-order valence-corrected chi connectivity index (χ4v) is 1.55. The van der Waals surface area contributed by atoms with E-state index in [9.17, 15) is 21.6 Å². The van der Waals surface area contributed by atoms with Gasteiger partial charge in [0.15, 0.2) is 0 Å². The van der Waals surface area contributed by atoms with Gasteiger partial charge in [-0.1, -0.05) is 0 Å². The highest BCUT2D eigenvalue weighted by Crippen LogP contribution is 2.28. The summed E-state index contributed by atoms with van der Waals surface area (Å²) in [7, 11) is -5.64.